The highest BCUT2D eigenvalue weighted by Gasteiger charge is 2.08. The lowest BCUT2D eigenvalue weighted by Crippen LogP contribution is -1.87. The van der Waals surface area contributed by atoms with Gasteiger partial charge >= 0.3 is 0 Å². The number of fused-ring (bicyclic) bond motifs is 1. The molecule has 0 aliphatic rings. The Hall–Kier alpha value is -2.62. The van der Waals surface area contributed by atoms with Gasteiger partial charge in [0, 0.05) is 35.6 Å². The fourth-order valence-electron chi connectivity index (χ4n) is 2.18. The lowest BCUT2D eigenvalue weighted by Gasteiger charge is -1.97. The summed E-state index contributed by atoms with van der Waals surface area (Å²) in [6.45, 7) is 2.04. The molecule has 0 saturated carbocycles. The summed E-state index contributed by atoms with van der Waals surface area (Å²) in [4.78, 5) is 10.4. The minimum Gasteiger partial charge on any atom is -0.323 e. The Bertz CT molecular complexity index is 775. The molecule has 4 heteroatoms. The summed E-state index contributed by atoms with van der Waals surface area (Å²) >= 11 is 0. The second kappa shape index (κ2) is 4.24. The molecule has 1 aromatic carbocycles. The van der Waals surface area contributed by atoms with Gasteiger partial charge in [0.25, 0.3) is 5.69 Å². The first-order chi connectivity index (χ1) is 9.13. The van der Waals surface area contributed by atoms with Crippen molar-refractivity contribution in [1.82, 2.24) is 4.40 Å². The predicted octanol–water partition coefficient (Wildman–Crippen LogP) is 3.82. The summed E-state index contributed by atoms with van der Waals surface area (Å²) in [5.41, 5.74) is 4.23. The number of aryl methyl sites for hydroxylation is 1. The van der Waals surface area contributed by atoms with Crippen LogP contribution in [0.1, 0.15) is 5.56 Å². The number of nitro groups is 1. The molecule has 0 aliphatic heterocycles. The molecule has 2 heterocycles. The zero-order valence-corrected chi connectivity index (χ0v) is 10.4. The van der Waals surface area contributed by atoms with Gasteiger partial charge in [0.2, 0.25) is 0 Å². The van der Waals surface area contributed by atoms with Crippen molar-refractivity contribution in [3.05, 3.63) is 70.5 Å². The van der Waals surface area contributed by atoms with Crippen LogP contribution in [0, 0.1) is 17.0 Å². The first-order valence-electron chi connectivity index (χ1n) is 5.97. The van der Waals surface area contributed by atoms with Gasteiger partial charge in [0.15, 0.2) is 0 Å². The smallest absolute Gasteiger partial charge is 0.270 e. The van der Waals surface area contributed by atoms with Crippen molar-refractivity contribution < 1.29 is 4.92 Å². The first kappa shape index (κ1) is 11.5. The van der Waals surface area contributed by atoms with Crippen molar-refractivity contribution >= 4 is 11.2 Å². The first-order valence-corrected chi connectivity index (χ1v) is 5.97. The molecule has 0 unspecified atom stereocenters. The quantitative estimate of drug-likeness (QED) is 0.514. The molecule has 19 heavy (non-hydrogen) atoms. The normalized spacial score (nSPS) is 10.8. The Morgan fingerprint density at radius 3 is 2.74 bits per heavy atom. The van der Waals surface area contributed by atoms with Gasteiger partial charge in [-0.05, 0) is 36.2 Å². The van der Waals surface area contributed by atoms with Crippen LogP contribution in [0.25, 0.3) is 16.6 Å². The molecule has 0 saturated heterocycles. The third-order valence-corrected chi connectivity index (χ3v) is 3.14. The topological polar surface area (TPSA) is 47.5 Å². The molecule has 0 atom stereocenters. The number of rotatable bonds is 2. The lowest BCUT2D eigenvalue weighted by molar-refractivity contribution is -0.384. The van der Waals surface area contributed by atoms with E-state index in [1.807, 2.05) is 41.9 Å². The molecule has 0 bridgehead atoms. The van der Waals surface area contributed by atoms with Crippen LogP contribution in [0.4, 0.5) is 5.69 Å². The second-order valence-electron chi connectivity index (χ2n) is 4.57. The Labute approximate surface area is 110 Å². The Balaban J connectivity index is 2.13. The van der Waals surface area contributed by atoms with Crippen LogP contribution in [0.15, 0.2) is 54.9 Å². The van der Waals surface area contributed by atoms with E-state index < -0.39 is 0 Å². The molecule has 0 amide bonds. The minimum atomic E-state index is -0.372. The molecular weight excluding hydrogens is 240 g/mol. The molecule has 0 radical (unpaired) electrons. The van der Waals surface area contributed by atoms with Gasteiger partial charge in [0.05, 0.1) is 4.92 Å². The van der Waals surface area contributed by atoms with Crippen molar-refractivity contribution in [3.8, 4) is 11.1 Å². The highest BCUT2D eigenvalue weighted by atomic mass is 16.6. The van der Waals surface area contributed by atoms with Crippen molar-refractivity contribution in [2.75, 3.05) is 0 Å². The molecule has 0 fully saturated rings. The molecule has 0 aliphatic carbocycles. The standard InChI is InChI=1S/C15H12N2O2/c1-11-5-6-16-10-13(9-15(16)7-11)12-3-2-4-14(8-12)17(18)19/h2-10H,1H3. The monoisotopic (exact) mass is 252 g/mol. The summed E-state index contributed by atoms with van der Waals surface area (Å²) in [5.74, 6) is 0. The molecule has 2 aromatic heterocycles. The number of hydrogen-bond donors (Lipinski definition) is 0. The van der Waals surface area contributed by atoms with Gasteiger partial charge in [-0.1, -0.05) is 12.1 Å². The minimum absolute atomic E-state index is 0.115. The van der Waals surface area contributed by atoms with Crippen LogP contribution in [-0.2, 0) is 0 Å². The largest absolute Gasteiger partial charge is 0.323 e. The van der Waals surface area contributed by atoms with Crippen LogP contribution in [0.3, 0.4) is 0 Å². The van der Waals surface area contributed by atoms with Crippen LogP contribution >= 0.6 is 0 Å². The lowest BCUT2D eigenvalue weighted by atomic mass is 10.1. The van der Waals surface area contributed by atoms with E-state index in [4.69, 9.17) is 0 Å². The van der Waals surface area contributed by atoms with E-state index in [9.17, 15) is 10.1 Å². The Morgan fingerprint density at radius 2 is 1.95 bits per heavy atom. The maximum atomic E-state index is 10.8. The van der Waals surface area contributed by atoms with Gasteiger partial charge in [-0.25, -0.2) is 0 Å². The third kappa shape index (κ3) is 2.08. The van der Waals surface area contributed by atoms with Gasteiger partial charge in [-0.15, -0.1) is 0 Å². The average molecular weight is 252 g/mol. The maximum absolute atomic E-state index is 10.8. The van der Waals surface area contributed by atoms with E-state index in [-0.39, 0.29) is 10.6 Å². The number of nitrogens with zero attached hydrogens (tertiary/aromatic N) is 2. The summed E-state index contributed by atoms with van der Waals surface area (Å²) in [7, 11) is 0. The fourth-order valence-corrected chi connectivity index (χ4v) is 2.18. The van der Waals surface area contributed by atoms with Gasteiger partial charge in [0.1, 0.15) is 0 Å². The van der Waals surface area contributed by atoms with E-state index >= 15 is 0 Å². The highest BCUT2D eigenvalue weighted by molar-refractivity contribution is 5.72. The molecule has 3 rings (SSSR count). The van der Waals surface area contributed by atoms with Crippen molar-refractivity contribution in [3.63, 3.8) is 0 Å². The maximum Gasteiger partial charge on any atom is 0.270 e. The van der Waals surface area contributed by atoms with Crippen molar-refractivity contribution in [1.29, 1.82) is 0 Å². The van der Waals surface area contributed by atoms with Crippen LogP contribution in [-0.4, -0.2) is 9.32 Å². The van der Waals surface area contributed by atoms with E-state index in [0.29, 0.717) is 0 Å². The van der Waals surface area contributed by atoms with Crippen LogP contribution in [0.5, 0.6) is 0 Å². The molecule has 0 spiro atoms. The SMILES string of the molecule is Cc1ccn2cc(-c3cccc([N+](=O)[O-])c3)cc2c1. The van der Waals surface area contributed by atoms with Crippen molar-refractivity contribution in [2.45, 2.75) is 6.92 Å². The van der Waals surface area contributed by atoms with Gasteiger partial charge in [-0.2, -0.15) is 0 Å². The summed E-state index contributed by atoms with van der Waals surface area (Å²) in [6, 6.07) is 12.8. The van der Waals surface area contributed by atoms with Crippen LogP contribution < -0.4 is 0 Å². The Kier molecular flexibility index (Phi) is 2.56. The van der Waals surface area contributed by atoms with E-state index in [1.54, 1.807) is 12.1 Å². The van der Waals surface area contributed by atoms with Crippen LogP contribution in [0.2, 0.25) is 0 Å². The summed E-state index contributed by atoms with van der Waals surface area (Å²) in [5, 5.41) is 10.8. The number of benzene rings is 1. The fraction of sp³-hybridized carbons (Fsp3) is 0.0667. The number of nitro benzene ring substituents is 1. The van der Waals surface area contributed by atoms with Gasteiger partial charge < -0.3 is 4.40 Å². The summed E-state index contributed by atoms with van der Waals surface area (Å²) in [6.07, 6.45) is 3.97. The molecule has 3 aromatic rings. The zero-order chi connectivity index (χ0) is 13.4. The average Bonchev–Trinajstić information content (AvgIpc) is 2.81. The molecule has 94 valence electrons. The molecule has 4 nitrogen and oxygen atoms in total. The molecule has 0 N–H and O–H groups in total. The van der Waals surface area contributed by atoms with Crippen molar-refractivity contribution in [2.24, 2.45) is 0 Å². The third-order valence-electron chi connectivity index (χ3n) is 3.14. The Morgan fingerprint density at radius 1 is 1.11 bits per heavy atom. The summed E-state index contributed by atoms with van der Waals surface area (Å²) < 4.78 is 2.02. The predicted molar refractivity (Wildman–Crippen MR) is 74.2 cm³/mol. The van der Waals surface area contributed by atoms with E-state index in [0.717, 1.165) is 16.6 Å². The second-order valence-corrected chi connectivity index (χ2v) is 4.57. The number of aromatic nitrogens is 1. The number of hydrogen-bond acceptors (Lipinski definition) is 2. The number of pyridine rings is 1. The highest BCUT2D eigenvalue weighted by Crippen LogP contribution is 2.26. The van der Waals surface area contributed by atoms with Gasteiger partial charge in [-0.3, -0.25) is 10.1 Å². The van der Waals surface area contributed by atoms with E-state index in [2.05, 4.69) is 6.07 Å². The number of non-ortho nitro benzene ring substituents is 1. The zero-order valence-electron chi connectivity index (χ0n) is 10.4. The van der Waals surface area contributed by atoms with E-state index in [1.165, 1.54) is 11.6 Å². The molecular formula is C15H12N2O2.